The van der Waals surface area contributed by atoms with Crippen molar-refractivity contribution in [1.82, 2.24) is 23.8 Å². The first-order chi connectivity index (χ1) is 43.1. The first-order valence-electron chi connectivity index (χ1n) is 28.4. The van der Waals surface area contributed by atoms with E-state index in [2.05, 4.69) is 107 Å². The van der Waals surface area contributed by atoms with Crippen molar-refractivity contribution in [2.45, 2.75) is 58.3 Å². The number of hydrogen-bond acceptors (Lipinski definition) is 19. The number of benzene rings is 3. The van der Waals surface area contributed by atoms with Gasteiger partial charge in [0.25, 0.3) is 0 Å². The Hall–Kier alpha value is -4.83. The predicted molar refractivity (Wildman–Crippen MR) is 363 cm³/mol. The van der Waals surface area contributed by atoms with E-state index in [0.717, 1.165) is 105 Å². The number of nitrogens with one attached hydrogen (secondary N) is 1. The Labute approximate surface area is 583 Å². The number of aromatic nitrogens is 5. The number of imidazole rings is 2. The van der Waals surface area contributed by atoms with Crippen LogP contribution >= 0.6 is 82.6 Å². The van der Waals surface area contributed by atoms with Crippen LogP contribution in [0.3, 0.4) is 0 Å². The number of methoxy groups -OCH3 is 3. The molecule has 0 bridgehead atoms. The van der Waals surface area contributed by atoms with E-state index >= 15 is 0 Å². The van der Waals surface area contributed by atoms with Gasteiger partial charge in [0.1, 0.15) is 34.4 Å². The quantitative estimate of drug-likeness (QED) is 0.0239. The number of carbonyl (C=O) groups excluding carboxylic acids is 1. The number of ether oxygens (including phenoxy) is 3. The molecule has 0 spiro atoms. The third-order valence-corrected chi connectivity index (χ3v) is 17.2. The number of halogens is 6. The summed E-state index contributed by atoms with van der Waals surface area (Å²) in [5, 5.41) is 33.6. The van der Waals surface area contributed by atoms with Crippen molar-refractivity contribution in [2.75, 3.05) is 118 Å². The fourth-order valence-electron chi connectivity index (χ4n) is 10.1. The summed E-state index contributed by atoms with van der Waals surface area (Å²) in [7, 11) is 4.59. The van der Waals surface area contributed by atoms with Crippen molar-refractivity contribution in [1.29, 1.82) is 0 Å². The Balaban J connectivity index is 0.000000220. The first kappa shape index (κ1) is 75.9. The molecule has 0 unspecified atom stereocenters. The summed E-state index contributed by atoms with van der Waals surface area (Å²) in [6.07, 6.45) is 17.1. The van der Waals surface area contributed by atoms with Crippen molar-refractivity contribution in [3.8, 4) is 39.8 Å². The van der Waals surface area contributed by atoms with E-state index in [0.29, 0.717) is 75.4 Å². The molecule has 0 aliphatic carbocycles. The second kappa shape index (κ2) is 38.4. The van der Waals surface area contributed by atoms with E-state index in [1.165, 1.54) is 63.1 Å². The molecule has 11 rings (SSSR count). The van der Waals surface area contributed by atoms with Crippen LogP contribution in [0, 0.1) is 0 Å². The molecule has 90 heavy (non-hydrogen) atoms. The summed E-state index contributed by atoms with van der Waals surface area (Å²) in [5.74, 6) is 1.98. The summed E-state index contributed by atoms with van der Waals surface area (Å²) < 4.78 is 29.4. The SMILES string of the molecule is COc1cc(CO)c(-c2cn3cc(Br)c(N4CCCC4)cc3n2)cc1Cl.COc1cc(CO)c(-c2cn3cc(NCCN)c(N4CCCC4)cc3n2)cc1Cl.COc1cc(CO)c(Cl)cc1C(=O)CBr.NCCN.Nc1cc(N2CCCC2)c(Br)cn1.[Cu].[O]=[Cu]. The Kier molecular flexibility index (Phi) is 32.4. The predicted octanol–water partition coefficient (Wildman–Crippen LogP) is 10.9. The molecule has 0 saturated carbocycles. The van der Waals surface area contributed by atoms with Crippen LogP contribution in [0.25, 0.3) is 33.8 Å². The van der Waals surface area contributed by atoms with Gasteiger partial charge in [-0.05, 0) is 123 Å². The summed E-state index contributed by atoms with van der Waals surface area (Å²) in [4.78, 5) is 32.2. The van der Waals surface area contributed by atoms with Gasteiger partial charge in [-0.2, -0.15) is 0 Å². The number of carbonyl (C=O) groups is 1. The molecule has 3 aromatic carbocycles. The van der Waals surface area contributed by atoms with Gasteiger partial charge in [0.2, 0.25) is 0 Å². The molecule has 3 aliphatic rings. The Morgan fingerprint density at radius 1 is 0.589 bits per heavy atom. The van der Waals surface area contributed by atoms with E-state index in [9.17, 15) is 15.0 Å². The number of nitrogens with two attached hydrogens (primary N) is 4. The number of nitrogens with zero attached hydrogens (tertiary/aromatic N) is 8. The van der Waals surface area contributed by atoms with Gasteiger partial charge < -0.3 is 81.3 Å². The van der Waals surface area contributed by atoms with Crippen molar-refractivity contribution in [2.24, 2.45) is 17.2 Å². The normalized spacial score (nSPS) is 13.1. The zero-order valence-electron chi connectivity index (χ0n) is 49.9. The van der Waals surface area contributed by atoms with E-state index in [-0.39, 0.29) is 48.0 Å². The second-order valence-corrected chi connectivity index (χ2v) is 23.8. The summed E-state index contributed by atoms with van der Waals surface area (Å²) in [5.41, 5.74) is 32.9. The molecule has 29 heteroatoms. The van der Waals surface area contributed by atoms with Gasteiger partial charge in [0.15, 0.2) is 5.78 Å². The first-order valence-corrected chi connectivity index (χ1v) is 32.6. The van der Waals surface area contributed by atoms with Crippen LogP contribution in [-0.2, 0) is 56.7 Å². The molecule has 3 aliphatic heterocycles. The number of alkyl halides is 1. The number of fused-ring (bicyclic) bond motifs is 2. The topological polar surface area (TPSA) is 296 Å². The number of rotatable bonds is 17. The molecule has 0 amide bonds. The van der Waals surface area contributed by atoms with Gasteiger partial charge in [-0.3, -0.25) is 4.79 Å². The van der Waals surface area contributed by atoms with Gasteiger partial charge in [-0.25, -0.2) is 15.0 Å². The van der Waals surface area contributed by atoms with Gasteiger partial charge in [-0.1, -0.05) is 50.7 Å². The molecule has 8 heterocycles. The number of aliphatic hydroxyl groups is 3. The fourth-order valence-corrected chi connectivity index (χ4v) is 12.2. The van der Waals surface area contributed by atoms with Gasteiger partial charge >= 0.3 is 19.8 Å². The fraction of sp³-hybridized carbons (Fsp3) is 0.377. The third-order valence-electron chi connectivity index (χ3n) is 14.5. The van der Waals surface area contributed by atoms with Crippen LogP contribution in [0.15, 0.2) is 94.5 Å². The molecule has 5 aromatic heterocycles. The van der Waals surface area contributed by atoms with E-state index in [1.54, 1.807) is 50.7 Å². The number of nitrogen functional groups attached to an aromatic ring is 1. The molecule has 3 saturated heterocycles. The van der Waals surface area contributed by atoms with Gasteiger partial charge in [-0.15, -0.1) is 0 Å². The molecule has 496 valence electrons. The van der Waals surface area contributed by atoms with Crippen LogP contribution in [0.4, 0.5) is 28.6 Å². The molecule has 0 atom stereocenters. The number of pyridine rings is 3. The van der Waals surface area contributed by atoms with Crippen LogP contribution < -0.4 is 57.2 Å². The van der Waals surface area contributed by atoms with Crippen LogP contribution in [0.5, 0.6) is 17.2 Å². The molecule has 8 aromatic rings. The van der Waals surface area contributed by atoms with Crippen LogP contribution in [0.2, 0.25) is 15.1 Å². The van der Waals surface area contributed by atoms with Crippen molar-refractivity contribution in [3.05, 3.63) is 132 Å². The maximum atomic E-state index is 11.5. The molecular weight excluding hydrogens is 1520 g/mol. The third kappa shape index (κ3) is 19.9. The molecule has 3 fully saturated rings. The molecule has 12 N–H and O–H groups in total. The number of Topliss-reactive ketones (excluding diaryl/α,β-unsaturated/α-hetero) is 1. The molecule has 21 nitrogen and oxygen atoms in total. The number of ketones is 1. The Morgan fingerprint density at radius 3 is 1.46 bits per heavy atom. The summed E-state index contributed by atoms with van der Waals surface area (Å²) in [6, 6.07) is 16.3. The average Bonchev–Trinajstić information content (AvgIpc) is 1.70. The number of hydrogen-bond donors (Lipinski definition) is 8. The van der Waals surface area contributed by atoms with E-state index in [4.69, 9.17) is 90.9 Å². The Bertz CT molecular complexity index is 3620. The van der Waals surface area contributed by atoms with E-state index < -0.39 is 0 Å². The number of aliphatic hydroxyl groups excluding tert-OH is 3. The summed E-state index contributed by atoms with van der Waals surface area (Å²) in [6.45, 7) is 8.54. The van der Waals surface area contributed by atoms with Crippen LogP contribution in [-0.4, -0.2) is 137 Å². The standard InChI is InChI=1S/C21H26ClN5O2.C19H19BrClN3O2.C10H10BrClO3.C9H12BrN3.C2H8N2.2Cu.O/c1-29-20-8-14(13-28)15(9-16(20)22)17-11-27-12-18(24-5-4-23)19(10-21(27)25-17)26-6-2-3-7-26;1-26-18-6-12(11-25)13(7-15(18)21)16-10-24-9-14(20)17(8-19(24)22-16)23-4-2-3-5-23;1-15-10-2-6(5-13)8(12)3-7(10)9(14)4-11;10-7-6-12-9(11)5-8(7)13-3-1-2-4-13;3-1-2-4;;;/h8-12,24,28H,2-7,13,23H2,1H3;6-10,25H,2-5,11H2,1H3;2-3,13H,4-5H2,1H3;5-6H,1-4H2,(H2,11,12);1-4H2;;;. The zero-order valence-corrected chi connectivity index (χ0v) is 58.8. The Morgan fingerprint density at radius 2 is 1.02 bits per heavy atom. The van der Waals surface area contributed by atoms with Gasteiger partial charge in [0, 0.05) is 148 Å². The van der Waals surface area contributed by atoms with Crippen LogP contribution in [0.1, 0.15) is 65.6 Å². The summed E-state index contributed by atoms with van der Waals surface area (Å²) >= 11 is 31.7. The monoisotopic (exact) mass is 1590 g/mol. The second-order valence-electron chi connectivity index (χ2n) is 20.3. The average molecular weight is 1590 g/mol. The van der Waals surface area contributed by atoms with Crippen molar-refractivity contribution in [3.63, 3.8) is 0 Å². The van der Waals surface area contributed by atoms with Crippen molar-refractivity contribution < 1.29 is 71.2 Å². The zero-order chi connectivity index (χ0) is 64.7. The van der Waals surface area contributed by atoms with E-state index in [1.807, 2.05) is 33.5 Å². The maximum absolute atomic E-state index is 11.5. The van der Waals surface area contributed by atoms with Crippen molar-refractivity contribution >= 4 is 128 Å². The minimum atomic E-state index is -0.183. The molecular formula is C61H75Br3Cl3Cu2N13O8. The molecule has 1 radical (unpaired) electrons. The number of anilines is 5. The minimum absolute atomic E-state index is 0. The van der Waals surface area contributed by atoms with Gasteiger partial charge in [0.05, 0.1) is 105 Å².